The van der Waals surface area contributed by atoms with Gasteiger partial charge in [-0.2, -0.15) is 10.5 Å². The predicted octanol–water partition coefficient (Wildman–Crippen LogP) is 3.05. The average molecular weight is 324 g/mol. The summed E-state index contributed by atoms with van der Waals surface area (Å²) in [5.41, 5.74) is -1.53. The molecule has 124 valence electrons. The third kappa shape index (κ3) is 3.03. The molecule has 2 rings (SSSR count). The molecule has 0 spiro atoms. The molecule has 1 aromatic rings. The summed E-state index contributed by atoms with van der Waals surface area (Å²) < 4.78 is 5.15. The minimum atomic E-state index is -1.41. The fourth-order valence-corrected chi connectivity index (χ4v) is 3.49. The predicted molar refractivity (Wildman–Crippen MR) is 86.5 cm³/mol. The lowest BCUT2D eigenvalue weighted by molar-refractivity contribution is -0.164. The Bertz CT molecular complexity index is 702. The summed E-state index contributed by atoms with van der Waals surface area (Å²) in [4.78, 5) is 25.3. The lowest BCUT2D eigenvalue weighted by Gasteiger charge is -2.41. The maximum absolute atomic E-state index is 12.7. The van der Waals surface area contributed by atoms with E-state index in [0.29, 0.717) is 6.42 Å². The van der Waals surface area contributed by atoms with E-state index in [9.17, 15) is 14.9 Å². The molecule has 1 aromatic carbocycles. The van der Waals surface area contributed by atoms with Gasteiger partial charge in [-0.15, -0.1) is 0 Å². The number of esters is 1. The fraction of sp³-hybridized carbons (Fsp3) is 0.474. The topological polar surface area (TPSA) is 90.9 Å². The molecule has 0 aromatic heterocycles. The molecular formula is C19H20N2O3. The number of carbonyl (C=O) groups excluding carboxylic acids is 2. The van der Waals surface area contributed by atoms with Gasteiger partial charge in [-0.1, -0.05) is 30.3 Å². The van der Waals surface area contributed by atoms with Crippen molar-refractivity contribution >= 4 is 11.8 Å². The van der Waals surface area contributed by atoms with Gasteiger partial charge in [0.05, 0.1) is 24.2 Å². The third-order valence-corrected chi connectivity index (χ3v) is 4.79. The van der Waals surface area contributed by atoms with E-state index in [-0.39, 0.29) is 38.1 Å². The zero-order chi connectivity index (χ0) is 17.6. The van der Waals surface area contributed by atoms with E-state index < -0.39 is 16.8 Å². The molecular weight excluding hydrogens is 304 g/mol. The van der Waals surface area contributed by atoms with Crippen LogP contribution in [0.2, 0.25) is 0 Å². The first-order valence-electron chi connectivity index (χ1n) is 8.09. The average Bonchev–Trinajstić information content (AvgIpc) is 2.62. The molecule has 5 nitrogen and oxygen atoms in total. The van der Waals surface area contributed by atoms with Crippen LogP contribution in [0, 0.1) is 28.1 Å². The normalized spacial score (nSPS) is 26.2. The summed E-state index contributed by atoms with van der Waals surface area (Å²) in [5, 5.41) is 18.8. The van der Waals surface area contributed by atoms with Gasteiger partial charge in [-0.05, 0) is 31.7 Å². The number of nitriles is 2. The van der Waals surface area contributed by atoms with Crippen LogP contribution >= 0.6 is 0 Å². The molecule has 0 aliphatic heterocycles. The van der Waals surface area contributed by atoms with Crippen molar-refractivity contribution in [3.63, 3.8) is 0 Å². The van der Waals surface area contributed by atoms with Crippen molar-refractivity contribution in [2.75, 3.05) is 6.61 Å². The number of carbonyl (C=O) groups is 2. The number of benzene rings is 1. The van der Waals surface area contributed by atoms with Gasteiger partial charge in [-0.25, -0.2) is 0 Å². The maximum atomic E-state index is 12.7. The molecule has 1 aliphatic rings. The molecule has 0 N–H and O–H groups in total. The molecule has 0 bridgehead atoms. The van der Waals surface area contributed by atoms with Crippen LogP contribution < -0.4 is 0 Å². The Morgan fingerprint density at radius 1 is 1.29 bits per heavy atom. The van der Waals surface area contributed by atoms with E-state index in [4.69, 9.17) is 10.00 Å². The number of nitrogens with zero attached hydrogens (tertiary/aromatic N) is 2. The Kier molecular flexibility index (Phi) is 5.36. The highest BCUT2D eigenvalue weighted by atomic mass is 16.5. The van der Waals surface area contributed by atoms with E-state index in [1.54, 1.807) is 6.92 Å². The number of Topliss-reactive ketones (excluding diaryl/α,β-unsaturated/α-hetero) is 1. The lowest BCUT2D eigenvalue weighted by Crippen LogP contribution is -2.50. The summed E-state index contributed by atoms with van der Waals surface area (Å²) in [7, 11) is 0. The molecule has 0 heterocycles. The van der Waals surface area contributed by atoms with Crippen LogP contribution in [-0.4, -0.2) is 18.4 Å². The number of rotatable bonds is 5. The van der Waals surface area contributed by atoms with E-state index in [1.807, 2.05) is 36.4 Å². The Morgan fingerprint density at radius 2 is 2.00 bits per heavy atom. The van der Waals surface area contributed by atoms with Crippen LogP contribution in [0.5, 0.6) is 0 Å². The molecule has 0 saturated heterocycles. The second-order valence-electron chi connectivity index (χ2n) is 6.12. The van der Waals surface area contributed by atoms with Crippen molar-refractivity contribution in [1.29, 1.82) is 10.5 Å². The van der Waals surface area contributed by atoms with Crippen molar-refractivity contribution in [1.82, 2.24) is 0 Å². The summed E-state index contributed by atoms with van der Waals surface area (Å²) in [6.45, 7) is 1.84. The first-order chi connectivity index (χ1) is 11.5. The number of ether oxygens (including phenoxy) is 1. The van der Waals surface area contributed by atoms with Crippen molar-refractivity contribution < 1.29 is 14.3 Å². The SMILES string of the molecule is CCOC(=O)C1(CCC#N)CC(C#N)(c2ccccc2)CCC1=O. The van der Waals surface area contributed by atoms with Crippen LogP contribution in [0.3, 0.4) is 0 Å². The van der Waals surface area contributed by atoms with Crippen molar-refractivity contribution in [2.45, 2.75) is 44.4 Å². The van der Waals surface area contributed by atoms with Crippen molar-refractivity contribution in [3.05, 3.63) is 35.9 Å². The highest BCUT2D eigenvalue weighted by molar-refractivity contribution is 6.04. The lowest BCUT2D eigenvalue weighted by atomic mass is 9.58. The van der Waals surface area contributed by atoms with Crippen LogP contribution in [0.1, 0.15) is 44.6 Å². The first kappa shape index (κ1) is 17.7. The largest absolute Gasteiger partial charge is 0.465 e. The second kappa shape index (κ2) is 7.27. The Labute approximate surface area is 141 Å². The van der Waals surface area contributed by atoms with Crippen LogP contribution in [0.15, 0.2) is 30.3 Å². The van der Waals surface area contributed by atoms with Gasteiger partial charge in [0.2, 0.25) is 0 Å². The van der Waals surface area contributed by atoms with E-state index >= 15 is 0 Å². The summed E-state index contributed by atoms with van der Waals surface area (Å²) >= 11 is 0. The van der Waals surface area contributed by atoms with Gasteiger partial charge in [0.25, 0.3) is 0 Å². The van der Waals surface area contributed by atoms with E-state index in [0.717, 1.165) is 5.56 Å². The summed E-state index contributed by atoms with van der Waals surface area (Å²) in [5.74, 6) is -0.835. The monoisotopic (exact) mass is 324 g/mol. The van der Waals surface area contributed by atoms with Gasteiger partial charge in [-0.3, -0.25) is 9.59 Å². The minimum Gasteiger partial charge on any atom is -0.465 e. The molecule has 1 saturated carbocycles. The molecule has 1 fully saturated rings. The third-order valence-electron chi connectivity index (χ3n) is 4.79. The second-order valence-corrected chi connectivity index (χ2v) is 6.12. The highest BCUT2D eigenvalue weighted by Gasteiger charge is 2.56. The van der Waals surface area contributed by atoms with Gasteiger partial charge in [0.1, 0.15) is 11.2 Å². The highest BCUT2D eigenvalue weighted by Crippen LogP contribution is 2.49. The first-order valence-corrected chi connectivity index (χ1v) is 8.09. The molecule has 1 aliphatic carbocycles. The van der Waals surface area contributed by atoms with Crippen molar-refractivity contribution in [3.8, 4) is 12.1 Å². The summed E-state index contributed by atoms with van der Waals surface area (Å²) in [6.07, 6.45) is 0.741. The maximum Gasteiger partial charge on any atom is 0.319 e. The molecule has 24 heavy (non-hydrogen) atoms. The molecule has 0 amide bonds. The number of ketones is 1. The quantitative estimate of drug-likeness (QED) is 0.613. The van der Waals surface area contributed by atoms with Gasteiger partial charge in [0.15, 0.2) is 0 Å². The van der Waals surface area contributed by atoms with Gasteiger partial charge >= 0.3 is 5.97 Å². The Hall–Kier alpha value is -2.66. The molecule has 2 atom stereocenters. The van der Waals surface area contributed by atoms with E-state index in [2.05, 4.69) is 6.07 Å². The summed E-state index contributed by atoms with van der Waals surface area (Å²) in [6, 6.07) is 13.6. The number of hydrogen-bond donors (Lipinski definition) is 0. The van der Waals surface area contributed by atoms with Crippen LogP contribution in [0.25, 0.3) is 0 Å². The van der Waals surface area contributed by atoms with Gasteiger partial charge in [0, 0.05) is 12.8 Å². The Morgan fingerprint density at radius 3 is 2.58 bits per heavy atom. The zero-order valence-corrected chi connectivity index (χ0v) is 13.7. The van der Waals surface area contributed by atoms with Gasteiger partial charge < -0.3 is 4.74 Å². The van der Waals surface area contributed by atoms with Crippen LogP contribution in [-0.2, 0) is 19.7 Å². The minimum absolute atomic E-state index is 0.0693. The molecule has 5 heteroatoms. The zero-order valence-electron chi connectivity index (χ0n) is 13.7. The molecule has 0 radical (unpaired) electrons. The van der Waals surface area contributed by atoms with Crippen LogP contribution in [0.4, 0.5) is 0 Å². The Balaban J connectivity index is 2.49. The molecule has 2 unspecified atom stereocenters. The number of hydrogen-bond acceptors (Lipinski definition) is 5. The van der Waals surface area contributed by atoms with E-state index in [1.165, 1.54) is 0 Å². The van der Waals surface area contributed by atoms with Crippen molar-refractivity contribution in [2.24, 2.45) is 5.41 Å². The standard InChI is InChI=1S/C19H20N2O3/c1-2-24-17(23)19(10-6-12-20)13-18(14-21,11-9-16(19)22)15-7-4-3-5-8-15/h3-5,7-8H,2,6,9-11,13H2,1H3. The smallest absolute Gasteiger partial charge is 0.319 e. The fourth-order valence-electron chi connectivity index (χ4n) is 3.49.